The SMILES string of the molecule is C=CCc1ccc(OC(C)C(O)c2cc(OC)c(OC)c(OC)c2)c(OC)c1. The summed E-state index contributed by atoms with van der Waals surface area (Å²) in [4.78, 5) is 0. The van der Waals surface area contributed by atoms with Gasteiger partial charge in [0.05, 0.1) is 28.4 Å². The fourth-order valence-electron chi connectivity index (χ4n) is 2.91. The van der Waals surface area contributed by atoms with Crippen molar-refractivity contribution in [3.63, 3.8) is 0 Å². The molecule has 0 fully saturated rings. The topological polar surface area (TPSA) is 66.4 Å². The third-order valence-corrected chi connectivity index (χ3v) is 4.39. The molecule has 2 aromatic carbocycles. The van der Waals surface area contributed by atoms with Gasteiger partial charge < -0.3 is 28.8 Å². The highest BCUT2D eigenvalue weighted by atomic mass is 16.5. The van der Waals surface area contributed by atoms with Gasteiger partial charge in [0.25, 0.3) is 0 Å². The minimum Gasteiger partial charge on any atom is -0.493 e. The second kappa shape index (κ2) is 9.90. The van der Waals surface area contributed by atoms with Crippen molar-refractivity contribution < 1.29 is 28.8 Å². The van der Waals surface area contributed by atoms with Crippen molar-refractivity contribution in [3.8, 4) is 28.7 Å². The molecule has 1 N–H and O–H groups in total. The first-order valence-electron chi connectivity index (χ1n) is 8.91. The third kappa shape index (κ3) is 4.70. The average molecular weight is 388 g/mol. The molecule has 6 heteroatoms. The maximum atomic E-state index is 10.8. The van der Waals surface area contributed by atoms with Crippen LogP contribution in [0, 0.1) is 0 Å². The Morgan fingerprint density at radius 3 is 2.00 bits per heavy atom. The predicted molar refractivity (Wildman–Crippen MR) is 108 cm³/mol. The molecule has 6 nitrogen and oxygen atoms in total. The summed E-state index contributed by atoms with van der Waals surface area (Å²) < 4.78 is 27.4. The van der Waals surface area contributed by atoms with Gasteiger partial charge in [-0.1, -0.05) is 12.1 Å². The number of hydrogen-bond acceptors (Lipinski definition) is 6. The van der Waals surface area contributed by atoms with Gasteiger partial charge in [0.1, 0.15) is 12.2 Å². The molecule has 0 aliphatic rings. The molecular formula is C22H28O6. The largest absolute Gasteiger partial charge is 0.493 e. The second-order valence-corrected chi connectivity index (χ2v) is 6.20. The van der Waals surface area contributed by atoms with Crippen LogP contribution in [-0.4, -0.2) is 39.6 Å². The molecule has 0 spiro atoms. The summed E-state index contributed by atoms with van der Waals surface area (Å²) in [6.07, 6.45) is 1.08. The van der Waals surface area contributed by atoms with Crippen LogP contribution >= 0.6 is 0 Å². The van der Waals surface area contributed by atoms with Crippen LogP contribution in [0.5, 0.6) is 28.7 Å². The molecule has 2 atom stereocenters. The van der Waals surface area contributed by atoms with E-state index in [1.807, 2.05) is 24.3 Å². The van der Waals surface area contributed by atoms with Crippen LogP contribution in [0.3, 0.4) is 0 Å². The highest BCUT2D eigenvalue weighted by Crippen LogP contribution is 2.40. The zero-order chi connectivity index (χ0) is 20.7. The molecule has 0 saturated carbocycles. The molecule has 0 aliphatic carbocycles. The number of aliphatic hydroxyl groups is 1. The van der Waals surface area contributed by atoms with Crippen molar-refractivity contribution in [1.82, 2.24) is 0 Å². The molecular weight excluding hydrogens is 360 g/mol. The molecule has 0 aromatic heterocycles. The van der Waals surface area contributed by atoms with Gasteiger partial charge in [0.15, 0.2) is 23.0 Å². The van der Waals surface area contributed by atoms with E-state index in [0.29, 0.717) is 34.3 Å². The average Bonchev–Trinajstić information content (AvgIpc) is 2.72. The van der Waals surface area contributed by atoms with E-state index in [9.17, 15) is 5.11 Å². The van der Waals surface area contributed by atoms with Gasteiger partial charge in [-0.3, -0.25) is 0 Å². The van der Waals surface area contributed by atoms with Crippen molar-refractivity contribution in [2.24, 2.45) is 0 Å². The van der Waals surface area contributed by atoms with Crippen molar-refractivity contribution in [3.05, 3.63) is 54.1 Å². The Bertz CT molecular complexity index is 777. The number of allylic oxidation sites excluding steroid dienone is 1. The zero-order valence-electron chi connectivity index (χ0n) is 17.0. The Kier molecular flexibility index (Phi) is 7.58. The van der Waals surface area contributed by atoms with E-state index in [-0.39, 0.29) is 0 Å². The molecule has 0 amide bonds. The second-order valence-electron chi connectivity index (χ2n) is 6.20. The maximum Gasteiger partial charge on any atom is 0.203 e. The lowest BCUT2D eigenvalue weighted by molar-refractivity contribution is 0.0448. The Morgan fingerprint density at radius 2 is 1.50 bits per heavy atom. The molecule has 0 bridgehead atoms. The summed E-state index contributed by atoms with van der Waals surface area (Å²) in [6, 6.07) is 9.08. The first-order valence-corrected chi connectivity index (χ1v) is 8.91. The molecule has 0 radical (unpaired) electrons. The molecule has 0 saturated heterocycles. The van der Waals surface area contributed by atoms with E-state index in [0.717, 1.165) is 12.0 Å². The first kappa shape index (κ1) is 21.4. The lowest BCUT2D eigenvalue weighted by Crippen LogP contribution is -2.22. The van der Waals surface area contributed by atoms with Crippen LogP contribution in [0.25, 0.3) is 0 Å². The highest BCUT2D eigenvalue weighted by molar-refractivity contribution is 5.54. The Hall–Kier alpha value is -2.86. The maximum absolute atomic E-state index is 10.8. The molecule has 152 valence electrons. The number of methoxy groups -OCH3 is 4. The number of rotatable bonds is 10. The van der Waals surface area contributed by atoms with Crippen molar-refractivity contribution >= 4 is 0 Å². The van der Waals surface area contributed by atoms with E-state index < -0.39 is 12.2 Å². The van der Waals surface area contributed by atoms with Crippen molar-refractivity contribution in [2.75, 3.05) is 28.4 Å². The van der Waals surface area contributed by atoms with Crippen LogP contribution in [0.2, 0.25) is 0 Å². The third-order valence-electron chi connectivity index (χ3n) is 4.39. The van der Waals surface area contributed by atoms with E-state index in [1.165, 1.54) is 21.3 Å². The molecule has 2 unspecified atom stereocenters. The van der Waals surface area contributed by atoms with Crippen LogP contribution in [0.15, 0.2) is 43.0 Å². The van der Waals surface area contributed by atoms with Gasteiger partial charge in [-0.15, -0.1) is 6.58 Å². The summed E-state index contributed by atoms with van der Waals surface area (Å²) in [5, 5.41) is 10.8. The van der Waals surface area contributed by atoms with Crippen LogP contribution in [-0.2, 0) is 6.42 Å². The molecule has 2 rings (SSSR count). The highest BCUT2D eigenvalue weighted by Gasteiger charge is 2.23. The van der Waals surface area contributed by atoms with E-state index >= 15 is 0 Å². The number of benzene rings is 2. The lowest BCUT2D eigenvalue weighted by Gasteiger charge is -2.23. The molecule has 2 aromatic rings. The quantitative estimate of drug-likeness (QED) is 0.622. The van der Waals surface area contributed by atoms with Gasteiger partial charge in [0, 0.05) is 0 Å². The van der Waals surface area contributed by atoms with Crippen LogP contribution in [0.4, 0.5) is 0 Å². The normalized spacial score (nSPS) is 12.6. The minimum atomic E-state index is -0.925. The fourth-order valence-corrected chi connectivity index (χ4v) is 2.91. The van der Waals surface area contributed by atoms with Gasteiger partial charge >= 0.3 is 0 Å². The smallest absolute Gasteiger partial charge is 0.203 e. The van der Waals surface area contributed by atoms with Gasteiger partial charge in [-0.25, -0.2) is 0 Å². The number of aliphatic hydroxyl groups excluding tert-OH is 1. The summed E-state index contributed by atoms with van der Waals surface area (Å²) in [7, 11) is 6.18. The van der Waals surface area contributed by atoms with E-state index in [2.05, 4.69) is 6.58 Å². The zero-order valence-corrected chi connectivity index (χ0v) is 17.0. The fraction of sp³-hybridized carbons (Fsp3) is 0.364. The monoisotopic (exact) mass is 388 g/mol. The molecule has 0 heterocycles. The van der Waals surface area contributed by atoms with Gasteiger partial charge in [-0.2, -0.15) is 0 Å². The van der Waals surface area contributed by atoms with Crippen LogP contribution in [0.1, 0.15) is 24.2 Å². The molecule has 28 heavy (non-hydrogen) atoms. The van der Waals surface area contributed by atoms with E-state index in [4.69, 9.17) is 23.7 Å². The van der Waals surface area contributed by atoms with Gasteiger partial charge in [0.2, 0.25) is 5.75 Å². The van der Waals surface area contributed by atoms with Gasteiger partial charge in [-0.05, 0) is 48.7 Å². The summed E-state index contributed by atoms with van der Waals surface area (Å²) in [5.41, 5.74) is 1.65. The number of ether oxygens (including phenoxy) is 5. The summed E-state index contributed by atoms with van der Waals surface area (Å²) in [6.45, 7) is 5.53. The Labute approximate surface area is 166 Å². The standard InChI is InChI=1S/C22H28O6/c1-7-8-15-9-10-17(18(11-15)24-3)28-14(2)21(23)16-12-19(25-4)22(27-6)20(13-16)26-5/h7,9-14,21,23H,1,8H2,2-6H3. The minimum absolute atomic E-state index is 0.467. The van der Waals surface area contributed by atoms with Crippen molar-refractivity contribution in [1.29, 1.82) is 0 Å². The van der Waals surface area contributed by atoms with Crippen molar-refractivity contribution in [2.45, 2.75) is 25.6 Å². The van der Waals surface area contributed by atoms with E-state index in [1.54, 1.807) is 26.2 Å². The Morgan fingerprint density at radius 1 is 0.893 bits per heavy atom. The van der Waals surface area contributed by atoms with Crippen LogP contribution < -0.4 is 23.7 Å². The summed E-state index contributed by atoms with van der Waals surface area (Å²) in [5.74, 6) is 2.55. The molecule has 0 aliphatic heterocycles. The number of hydrogen-bond donors (Lipinski definition) is 1. The lowest BCUT2D eigenvalue weighted by atomic mass is 10.0. The summed E-state index contributed by atoms with van der Waals surface area (Å²) >= 11 is 0. The first-order chi connectivity index (χ1) is 13.5. The predicted octanol–water partition coefficient (Wildman–Crippen LogP) is 3.95. The Balaban J connectivity index is 2.27.